The summed E-state index contributed by atoms with van der Waals surface area (Å²) in [7, 11) is 0. The average molecular weight is 290 g/mol. The van der Waals surface area contributed by atoms with Gasteiger partial charge in [-0.25, -0.2) is 0 Å². The van der Waals surface area contributed by atoms with E-state index >= 15 is 0 Å². The zero-order valence-corrected chi connectivity index (χ0v) is 13.8. The summed E-state index contributed by atoms with van der Waals surface area (Å²) in [6.07, 6.45) is 9.57. The Balaban J connectivity index is 2.05. The highest BCUT2D eigenvalue weighted by Crippen LogP contribution is 2.24. The second-order valence-electron chi connectivity index (χ2n) is 5.92. The molecule has 2 aromatic rings. The molecular formula is C22H26. The molecular weight excluding hydrogens is 264 g/mol. The summed E-state index contributed by atoms with van der Waals surface area (Å²) in [5.74, 6) is 0. The van der Waals surface area contributed by atoms with Gasteiger partial charge in [0, 0.05) is 0 Å². The summed E-state index contributed by atoms with van der Waals surface area (Å²) in [6, 6.07) is 21.4. The van der Waals surface area contributed by atoms with Crippen molar-refractivity contribution in [3.05, 3.63) is 89.5 Å². The molecule has 0 atom stereocenters. The van der Waals surface area contributed by atoms with Crippen molar-refractivity contribution < 1.29 is 0 Å². The number of unbranched alkanes of at least 4 members (excludes halogenated alkanes) is 3. The Hall–Kier alpha value is -2.08. The summed E-state index contributed by atoms with van der Waals surface area (Å²) in [5, 5.41) is 0. The summed E-state index contributed by atoms with van der Waals surface area (Å²) in [4.78, 5) is 0. The zero-order chi connectivity index (χ0) is 15.6. The van der Waals surface area contributed by atoms with Crippen LogP contribution in [0.2, 0.25) is 0 Å². The maximum absolute atomic E-state index is 2.40. The zero-order valence-electron chi connectivity index (χ0n) is 13.8. The van der Waals surface area contributed by atoms with Crippen LogP contribution in [-0.4, -0.2) is 0 Å². The Bertz CT molecular complexity index is 558. The molecule has 0 aliphatic rings. The third kappa shape index (κ3) is 5.37. The van der Waals surface area contributed by atoms with Crippen LogP contribution < -0.4 is 0 Å². The van der Waals surface area contributed by atoms with Gasteiger partial charge in [-0.15, -0.1) is 0 Å². The summed E-state index contributed by atoms with van der Waals surface area (Å²) in [5.41, 5.74) is 5.38. The minimum atomic E-state index is 1.13. The first-order chi connectivity index (χ1) is 10.8. The van der Waals surface area contributed by atoms with Gasteiger partial charge in [0.1, 0.15) is 0 Å². The molecule has 2 rings (SSSR count). The van der Waals surface area contributed by atoms with E-state index in [0.717, 1.165) is 6.42 Å². The molecule has 0 spiro atoms. The molecule has 2 aromatic carbocycles. The SMILES string of the molecule is CC(C)=CCCCCC=C(c1ccccc1)c1ccccc1. The van der Waals surface area contributed by atoms with E-state index in [0.29, 0.717) is 0 Å². The van der Waals surface area contributed by atoms with E-state index in [1.54, 1.807) is 0 Å². The first kappa shape index (κ1) is 16.3. The van der Waals surface area contributed by atoms with Crippen molar-refractivity contribution in [3.63, 3.8) is 0 Å². The maximum Gasteiger partial charge on any atom is -0.0151 e. The quantitative estimate of drug-likeness (QED) is 0.396. The lowest BCUT2D eigenvalue weighted by atomic mass is 9.96. The predicted octanol–water partition coefficient (Wildman–Crippen LogP) is 6.64. The highest BCUT2D eigenvalue weighted by Gasteiger charge is 2.03. The fourth-order valence-electron chi connectivity index (χ4n) is 2.56. The van der Waals surface area contributed by atoms with Crippen molar-refractivity contribution in [3.8, 4) is 0 Å². The van der Waals surface area contributed by atoms with E-state index in [-0.39, 0.29) is 0 Å². The molecule has 0 aliphatic heterocycles. The molecule has 0 fully saturated rings. The van der Waals surface area contributed by atoms with Gasteiger partial charge in [-0.1, -0.05) is 78.4 Å². The van der Waals surface area contributed by atoms with Crippen LogP contribution in [0.1, 0.15) is 50.7 Å². The third-order valence-corrected chi connectivity index (χ3v) is 3.73. The van der Waals surface area contributed by atoms with Crippen molar-refractivity contribution in [2.24, 2.45) is 0 Å². The molecule has 0 saturated heterocycles. The van der Waals surface area contributed by atoms with Crippen molar-refractivity contribution in [2.75, 3.05) is 0 Å². The molecule has 114 valence electrons. The van der Waals surface area contributed by atoms with E-state index in [2.05, 4.69) is 86.7 Å². The smallest absolute Gasteiger partial charge is 0.0151 e. The molecule has 0 aliphatic carbocycles. The highest BCUT2D eigenvalue weighted by molar-refractivity contribution is 5.79. The Kier molecular flexibility index (Phi) is 6.70. The Morgan fingerprint density at radius 2 is 1.14 bits per heavy atom. The molecule has 0 saturated carbocycles. The summed E-state index contributed by atoms with van der Waals surface area (Å²) < 4.78 is 0. The van der Waals surface area contributed by atoms with Crippen molar-refractivity contribution in [1.82, 2.24) is 0 Å². The van der Waals surface area contributed by atoms with Gasteiger partial charge in [0.05, 0.1) is 0 Å². The van der Waals surface area contributed by atoms with Crippen LogP contribution in [0.4, 0.5) is 0 Å². The molecule has 0 heteroatoms. The van der Waals surface area contributed by atoms with Gasteiger partial charge in [-0.2, -0.15) is 0 Å². The molecule has 0 unspecified atom stereocenters. The first-order valence-electron chi connectivity index (χ1n) is 8.22. The maximum atomic E-state index is 2.40. The standard InChI is InChI=1S/C22H26/c1-19(2)13-7-3-4-12-18-22(20-14-8-5-9-15-20)21-16-10-6-11-17-21/h5-6,8-11,13-18H,3-4,7,12H2,1-2H3. The average Bonchev–Trinajstić information content (AvgIpc) is 2.55. The van der Waals surface area contributed by atoms with E-state index in [1.165, 1.54) is 41.5 Å². The summed E-state index contributed by atoms with van der Waals surface area (Å²) >= 11 is 0. The molecule has 0 nitrogen and oxygen atoms in total. The van der Waals surface area contributed by atoms with Crippen LogP contribution >= 0.6 is 0 Å². The minimum Gasteiger partial charge on any atom is -0.0859 e. The van der Waals surface area contributed by atoms with Crippen LogP contribution in [0.15, 0.2) is 78.4 Å². The number of hydrogen-bond acceptors (Lipinski definition) is 0. The monoisotopic (exact) mass is 290 g/mol. The summed E-state index contributed by atoms with van der Waals surface area (Å²) in [6.45, 7) is 4.34. The van der Waals surface area contributed by atoms with Gasteiger partial charge in [0.25, 0.3) is 0 Å². The number of benzene rings is 2. The second kappa shape index (κ2) is 9.04. The van der Waals surface area contributed by atoms with Gasteiger partial charge in [-0.05, 0) is 56.2 Å². The van der Waals surface area contributed by atoms with E-state index in [1.807, 2.05) is 0 Å². The second-order valence-corrected chi connectivity index (χ2v) is 5.92. The molecule has 0 heterocycles. The van der Waals surface area contributed by atoms with E-state index < -0.39 is 0 Å². The molecule has 0 amide bonds. The third-order valence-electron chi connectivity index (χ3n) is 3.73. The van der Waals surface area contributed by atoms with Gasteiger partial charge >= 0.3 is 0 Å². The fraction of sp³-hybridized carbons (Fsp3) is 0.273. The van der Waals surface area contributed by atoms with Crippen LogP contribution in [0, 0.1) is 0 Å². The largest absolute Gasteiger partial charge is 0.0859 e. The topological polar surface area (TPSA) is 0 Å². The molecule has 0 bridgehead atoms. The molecule has 0 N–H and O–H groups in total. The Labute approximate surface area is 135 Å². The normalized spacial score (nSPS) is 10.1. The lowest BCUT2D eigenvalue weighted by Gasteiger charge is -2.08. The number of rotatable bonds is 7. The van der Waals surface area contributed by atoms with Crippen molar-refractivity contribution in [2.45, 2.75) is 39.5 Å². The van der Waals surface area contributed by atoms with Crippen molar-refractivity contribution >= 4 is 5.57 Å². The van der Waals surface area contributed by atoms with Gasteiger partial charge < -0.3 is 0 Å². The van der Waals surface area contributed by atoms with Gasteiger partial charge in [-0.3, -0.25) is 0 Å². The molecule has 0 radical (unpaired) electrons. The van der Waals surface area contributed by atoms with Crippen molar-refractivity contribution in [1.29, 1.82) is 0 Å². The van der Waals surface area contributed by atoms with E-state index in [4.69, 9.17) is 0 Å². The lowest BCUT2D eigenvalue weighted by Crippen LogP contribution is -1.88. The van der Waals surface area contributed by atoms with Gasteiger partial charge in [0.15, 0.2) is 0 Å². The van der Waals surface area contributed by atoms with Crippen LogP contribution in [0.5, 0.6) is 0 Å². The Morgan fingerprint density at radius 3 is 1.59 bits per heavy atom. The Morgan fingerprint density at radius 1 is 0.682 bits per heavy atom. The highest BCUT2D eigenvalue weighted by atomic mass is 14.1. The predicted molar refractivity (Wildman–Crippen MR) is 97.9 cm³/mol. The fourth-order valence-corrected chi connectivity index (χ4v) is 2.56. The number of hydrogen-bond donors (Lipinski definition) is 0. The molecule has 22 heavy (non-hydrogen) atoms. The van der Waals surface area contributed by atoms with E-state index in [9.17, 15) is 0 Å². The van der Waals surface area contributed by atoms with Crippen LogP contribution in [0.25, 0.3) is 5.57 Å². The van der Waals surface area contributed by atoms with Crippen LogP contribution in [0.3, 0.4) is 0 Å². The lowest BCUT2D eigenvalue weighted by molar-refractivity contribution is 0.760. The molecule has 0 aromatic heterocycles. The van der Waals surface area contributed by atoms with Gasteiger partial charge in [0.2, 0.25) is 0 Å². The minimum absolute atomic E-state index is 1.13. The van der Waals surface area contributed by atoms with Crippen LogP contribution in [-0.2, 0) is 0 Å². The number of allylic oxidation sites excluding steroid dienone is 3. The first-order valence-corrected chi connectivity index (χ1v) is 8.22.